The Labute approximate surface area is 146 Å². The minimum Gasteiger partial charge on any atom is -0.395 e. The summed E-state index contributed by atoms with van der Waals surface area (Å²) in [4.78, 5) is 24.4. The maximum Gasteiger partial charge on any atom is 0.268 e. The number of aliphatic hydroxyl groups is 1. The lowest BCUT2D eigenvalue weighted by atomic mass is 10.1. The highest BCUT2D eigenvalue weighted by Gasteiger charge is 2.19. The van der Waals surface area contributed by atoms with Crippen molar-refractivity contribution in [1.29, 1.82) is 0 Å². The van der Waals surface area contributed by atoms with Crippen LogP contribution in [0.4, 0.5) is 0 Å². The lowest BCUT2D eigenvalue weighted by molar-refractivity contribution is 0.0939. The van der Waals surface area contributed by atoms with Crippen LogP contribution in [0.5, 0.6) is 0 Å². The van der Waals surface area contributed by atoms with E-state index in [4.69, 9.17) is 5.11 Å². The molecule has 0 unspecified atom stereocenters. The first kappa shape index (κ1) is 16.9. The second-order valence-electron chi connectivity index (χ2n) is 5.74. The van der Waals surface area contributed by atoms with Crippen molar-refractivity contribution in [1.82, 2.24) is 20.3 Å². The number of aromatic nitrogens is 3. The topological polar surface area (TPSA) is 90.9 Å². The van der Waals surface area contributed by atoms with E-state index in [1.165, 1.54) is 0 Å². The van der Waals surface area contributed by atoms with E-state index in [0.717, 1.165) is 28.1 Å². The fourth-order valence-electron chi connectivity index (χ4n) is 2.84. The average molecular weight is 336 g/mol. The minimum absolute atomic E-state index is 0.0936. The van der Waals surface area contributed by atoms with Crippen molar-refractivity contribution in [3.05, 3.63) is 59.5 Å². The molecule has 3 rings (SSSR count). The van der Waals surface area contributed by atoms with E-state index in [1.54, 1.807) is 6.20 Å². The number of carbonyl (C=O) groups is 1. The van der Waals surface area contributed by atoms with Crippen LogP contribution in [0.15, 0.2) is 42.6 Å². The standard InChI is InChI=1S/C19H20N4O2/c1-12-16(13(2)22-17(12)19(25)21-10-11-24)15-8-9-20-18(23-15)14-6-4-3-5-7-14/h3-9,22,24H,10-11H2,1-2H3,(H,21,25). The van der Waals surface area contributed by atoms with Crippen LogP contribution in [0.25, 0.3) is 22.6 Å². The third-order valence-electron chi connectivity index (χ3n) is 4.01. The van der Waals surface area contributed by atoms with Crippen molar-refractivity contribution in [2.75, 3.05) is 13.2 Å². The Morgan fingerprint density at radius 3 is 2.68 bits per heavy atom. The molecule has 0 atom stereocenters. The van der Waals surface area contributed by atoms with E-state index in [0.29, 0.717) is 11.5 Å². The summed E-state index contributed by atoms with van der Waals surface area (Å²) in [5.41, 5.74) is 4.78. The van der Waals surface area contributed by atoms with Crippen LogP contribution < -0.4 is 5.32 Å². The van der Waals surface area contributed by atoms with Gasteiger partial charge >= 0.3 is 0 Å². The molecule has 1 amide bonds. The predicted octanol–water partition coefficient (Wildman–Crippen LogP) is 2.48. The number of hydrogen-bond acceptors (Lipinski definition) is 4. The first-order valence-corrected chi connectivity index (χ1v) is 8.09. The molecule has 2 heterocycles. The van der Waals surface area contributed by atoms with Crippen molar-refractivity contribution in [3.63, 3.8) is 0 Å². The van der Waals surface area contributed by atoms with Crippen molar-refractivity contribution >= 4 is 5.91 Å². The van der Waals surface area contributed by atoms with Crippen LogP contribution in [0, 0.1) is 13.8 Å². The molecule has 0 aliphatic carbocycles. The van der Waals surface area contributed by atoms with Crippen LogP contribution in [-0.4, -0.2) is 39.1 Å². The number of aryl methyl sites for hydroxylation is 1. The third-order valence-corrected chi connectivity index (χ3v) is 4.01. The smallest absolute Gasteiger partial charge is 0.268 e. The maximum atomic E-state index is 12.2. The van der Waals surface area contributed by atoms with Gasteiger partial charge in [0.25, 0.3) is 5.91 Å². The van der Waals surface area contributed by atoms with Crippen LogP contribution in [0.1, 0.15) is 21.7 Å². The van der Waals surface area contributed by atoms with Gasteiger partial charge in [0.1, 0.15) is 5.69 Å². The summed E-state index contributed by atoms with van der Waals surface area (Å²) in [7, 11) is 0. The van der Waals surface area contributed by atoms with Crippen LogP contribution in [0.3, 0.4) is 0 Å². The molecule has 0 fully saturated rings. The van der Waals surface area contributed by atoms with Crippen LogP contribution >= 0.6 is 0 Å². The number of nitrogens with zero attached hydrogens (tertiary/aromatic N) is 2. The summed E-state index contributed by atoms with van der Waals surface area (Å²) in [6.07, 6.45) is 1.72. The van der Waals surface area contributed by atoms with E-state index in [1.807, 2.05) is 50.2 Å². The zero-order valence-corrected chi connectivity index (χ0v) is 14.2. The second kappa shape index (κ2) is 7.27. The molecule has 6 heteroatoms. The molecule has 1 aromatic carbocycles. The lowest BCUT2D eigenvalue weighted by Gasteiger charge is -2.06. The maximum absolute atomic E-state index is 12.2. The summed E-state index contributed by atoms with van der Waals surface area (Å²) < 4.78 is 0. The van der Waals surface area contributed by atoms with Gasteiger partial charge < -0.3 is 15.4 Å². The Morgan fingerprint density at radius 1 is 1.20 bits per heavy atom. The van der Waals surface area contributed by atoms with E-state index in [2.05, 4.69) is 20.3 Å². The fourth-order valence-corrected chi connectivity index (χ4v) is 2.84. The van der Waals surface area contributed by atoms with Crippen molar-refractivity contribution < 1.29 is 9.90 Å². The van der Waals surface area contributed by atoms with E-state index in [-0.39, 0.29) is 19.1 Å². The molecule has 128 valence electrons. The Kier molecular flexibility index (Phi) is 4.90. The van der Waals surface area contributed by atoms with Crippen molar-refractivity contribution in [2.24, 2.45) is 0 Å². The highest BCUT2D eigenvalue weighted by atomic mass is 16.3. The minimum atomic E-state index is -0.238. The van der Waals surface area contributed by atoms with Gasteiger partial charge in [0.15, 0.2) is 5.82 Å². The molecule has 0 bridgehead atoms. The average Bonchev–Trinajstić information content (AvgIpc) is 2.95. The van der Waals surface area contributed by atoms with Gasteiger partial charge in [0.05, 0.1) is 12.3 Å². The predicted molar refractivity (Wildman–Crippen MR) is 96.1 cm³/mol. The van der Waals surface area contributed by atoms with E-state index >= 15 is 0 Å². The first-order valence-electron chi connectivity index (χ1n) is 8.09. The molecule has 2 aromatic heterocycles. The number of rotatable bonds is 5. The highest BCUT2D eigenvalue weighted by molar-refractivity contribution is 5.96. The fraction of sp³-hybridized carbons (Fsp3) is 0.211. The van der Waals surface area contributed by atoms with Gasteiger partial charge in [-0.25, -0.2) is 9.97 Å². The zero-order chi connectivity index (χ0) is 17.8. The number of aliphatic hydroxyl groups excluding tert-OH is 1. The number of hydrogen-bond donors (Lipinski definition) is 3. The Morgan fingerprint density at radius 2 is 1.96 bits per heavy atom. The second-order valence-corrected chi connectivity index (χ2v) is 5.74. The number of H-pyrrole nitrogens is 1. The molecule has 3 aromatic rings. The largest absolute Gasteiger partial charge is 0.395 e. The van der Waals surface area contributed by atoms with Crippen molar-refractivity contribution in [3.8, 4) is 22.6 Å². The molecule has 3 N–H and O–H groups in total. The van der Waals surface area contributed by atoms with E-state index < -0.39 is 0 Å². The number of nitrogens with one attached hydrogen (secondary N) is 2. The first-order chi connectivity index (χ1) is 12.1. The summed E-state index contributed by atoms with van der Waals surface area (Å²) >= 11 is 0. The molecule has 0 aliphatic rings. The number of amides is 1. The number of carbonyl (C=O) groups excluding carboxylic acids is 1. The molecule has 0 spiro atoms. The van der Waals surface area contributed by atoms with Gasteiger partial charge in [-0.05, 0) is 25.5 Å². The molecule has 0 saturated heterocycles. The molecule has 0 saturated carbocycles. The molecule has 0 radical (unpaired) electrons. The number of aromatic amines is 1. The van der Waals surface area contributed by atoms with Gasteiger partial charge in [0, 0.05) is 29.6 Å². The van der Waals surface area contributed by atoms with Gasteiger partial charge in [-0.2, -0.15) is 0 Å². The zero-order valence-electron chi connectivity index (χ0n) is 14.2. The van der Waals surface area contributed by atoms with Gasteiger partial charge in [-0.15, -0.1) is 0 Å². The summed E-state index contributed by atoms with van der Waals surface area (Å²) in [5, 5.41) is 11.5. The molecular formula is C19H20N4O2. The molecule has 0 aliphatic heterocycles. The highest BCUT2D eigenvalue weighted by Crippen LogP contribution is 2.29. The van der Waals surface area contributed by atoms with Gasteiger partial charge in [-0.1, -0.05) is 30.3 Å². The van der Waals surface area contributed by atoms with Crippen molar-refractivity contribution in [2.45, 2.75) is 13.8 Å². The Hall–Kier alpha value is -2.99. The summed E-state index contributed by atoms with van der Waals surface area (Å²) in [6, 6.07) is 11.6. The van der Waals surface area contributed by atoms with Crippen LogP contribution in [-0.2, 0) is 0 Å². The quantitative estimate of drug-likeness (QED) is 0.667. The van der Waals surface area contributed by atoms with Gasteiger partial charge in [-0.3, -0.25) is 4.79 Å². The normalized spacial score (nSPS) is 10.7. The molecular weight excluding hydrogens is 316 g/mol. The Bertz CT molecular complexity index is 888. The van der Waals surface area contributed by atoms with E-state index in [9.17, 15) is 4.79 Å². The van der Waals surface area contributed by atoms with Crippen LogP contribution in [0.2, 0.25) is 0 Å². The molecule has 25 heavy (non-hydrogen) atoms. The molecule has 6 nitrogen and oxygen atoms in total. The third kappa shape index (κ3) is 3.44. The summed E-state index contributed by atoms with van der Waals surface area (Å²) in [5.74, 6) is 0.405. The lowest BCUT2D eigenvalue weighted by Crippen LogP contribution is -2.27. The SMILES string of the molecule is Cc1[nH]c(C(=O)NCCO)c(C)c1-c1ccnc(-c2ccccc2)n1. The summed E-state index contributed by atoms with van der Waals surface area (Å²) in [6.45, 7) is 3.92. The monoisotopic (exact) mass is 336 g/mol. The number of benzene rings is 1. The Balaban J connectivity index is 2.00. The van der Waals surface area contributed by atoms with Gasteiger partial charge in [0.2, 0.25) is 0 Å².